The third-order valence-corrected chi connectivity index (χ3v) is 1.41. The topological polar surface area (TPSA) is 0 Å². The molecule has 0 rings (SSSR count). The molecule has 0 unspecified atom stereocenters. The molecule has 0 saturated heterocycles. The Hall–Kier alpha value is 1.47. The Kier molecular flexibility index (Phi) is 17.2. The van der Waals surface area contributed by atoms with Crippen molar-refractivity contribution in [2.45, 2.75) is 0 Å². The van der Waals surface area contributed by atoms with Crippen LogP contribution in [0.2, 0.25) is 0 Å². The molecule has 0 aromatic rings. The van der Waals surface area contributed by atoms with Crippen LogP contribution >= 0.6 is 11.8 Å². The van der Waals surface area contributed by atoms with E-state index in [0.29, 0.717) is 0 Å². The first-order valence-corrected chi connectivity index (χ1v) is 3.37. The monoisotopic (exact) mass is 154 g/mol. The zero-order valence-electron chi connectivity index (χ0n) is 6.39. The minimum atomic E-state index is 0. The van der Waals surface area contributed by atoms with Gasteiger partial charge in [0, 0.05) is 11.5 Å². The van der Waals surface area contributed by atoms with E-state index in [4.69, 9.17) is 0 Å². The van der Waals surface area contributed by atoms with Gasteiger partial charge in [-0.1, -0.05) is 12.2 Å². The fourth-order valence-electron chi connectivity index (χ4n) is 0.235. The van der Waals surface area contributed by atoms with Gasteiger partial charge in [-0.25, -0.2) is 0 Å². The molecule has 0 aromatic carbocycles. The van der Waals surface area contributed by atoms with Crippen molar-refractivity contribution in [2.75, 3.05) is 11.5 Å². The molecule has 0 saturated carbocycles. The van der Waals surface area contributed by atoms with E-state index in [1.165, 1.54) is 0 Å². The molecular formula is C6H11KS. The summed E-state index contributed by atoms with van der Waals surface area (Å²) in [5.74, 6) is 2.07. The maximum Gasteiger partial charge on any atom is 1.00 e. The maximum absolute atomic E-state index is 3.58. The molecule has 0 amide bonds. The van der Waals surface area contributed by atoms with Gasteiger partial charge in [0.1, 0.15) is 0 Å². The van der Waals surface area contributed by atoms with Gasteiger partial charge in [0.05, 0.1) is 0 Å². The van der Waals surface area contributed by atoms with Crippen molar-refractivity contribution in [2.24, 2.45) is 0 Å². The van der Waals surface area contributed by atoms with Crippen LogP contribution in [0.5, 0.6) is 0 Å². The predicted octanol–water partition coefficient (Wildman–Crippen LogP) is -0.792. The van der Waals surface area contributed by atoms with Crippen molar-refractivity contribution in [1.82, 2.24) is 0 Å². The standard InChI is InChI=1S/C6H10S.K.H/c1-3-5-7-6-4-2;;/h3-4H,1-2,5-6H2;;/q;+1;-1. The second-order valence-electron chi connectivity index (χ2n) is 1.11. The van der Waals surface area contributed by atoms with Crippen LogP contribution in [0.4, 0.5) is 0 Å². The fourth-order valence-corrected chi connectivity index (χ4v) is 0.704. The van der Waals surface area contributed by atoms with Crippen LogP contribution in [0.1, 0.15) is 1.43 Å². The Morgan fingerprint density at radius 3 is 1.88 bits per heavy atom. The maximum atomic E-state index is 3.58. The van der Waals surface area contributed by atoms with E-state index in [1.807, 2.05) is 23.9 Å². The van der Waals surface area contributed by atoms with Gasteiger partial charge in [0.15, 0.2) is 0 Å². The third kappa shape index (κ3) is 10.4. The van der Waals surface area contributed by atoms with Crippen molar-refractivity contribution in [3.63, 3.8) is 0 Å². The normalized spacial score (nSPS) is 7.00. The average molecular weight is 154 g/mol. The molecule has 0 heterocycles. The molecule has 0 aromatic heterocycles. The second kappa shape index (κ2) is 11.3. The average Bonchev–Trinajstić information content (AvgIpc) is 1.69. The molecular weight excluding hydrogens is 143 g/mol. The van der Waals surface area contributed by atoms with E-state index in [9.17, 15) is 0 Å². The number of thioether (sulfide) groups is 1. The van der Waals surface area contributed by atoms with Crippen LogP contribution in [-0.2, 0) is 0 Å². The molecule has 0 aliphatic rings. The molecule has 0 aliphatic carbocycles. The summed E-state index contributed by atoms with van der Waals surface area (Å²) < 4.78 is 0. The summed E-state index contributed by atoms with van der Waals surface area (Å²) in [6.45, 7) is 7.15. The van der Waals surface area contributed by atoms with Crippen molar-refractivity contribution in [3.05, 3.63) is 25.3 Å². The predicted molar refractivity (Wildman–Crippen MR) is 38.8 cm³/mol. The minimum absolute atomic E-state index is 0. The summed E-state index contributed by atoms with van der Waals surface area (Å²) in [7, 11) is 0. The minimum Gasteiger partial charge on any atom is -1.00 e. The van der Waals surface area contributed by atoms with Gasteiger partial charge < -0.3 is 1.43 Å². The summed E-state index contributed by atoms with van der Waals surface area (Å²) in [6, 6.07) is 0. The number of hydrogen-bond donors (Lipinski definition) is 0. The van der Waals surface area contributed by atoms with Gasteiger partial charge in [0.2, 0.25) is 0 Å². The molecule has 0 N–H and O–H groups in total. The zero-order chi connectivity index (χ0) is 5.54. The fraction of sp³-hybridized carbons (Fsp3) is 0.333. The molecule has 42 valence electrons. The van der Waals surface area contributed by atoms with Crippen molar-refractivity contribution in [3.8, 4) is 0 Å². The van der Waals surface area contributed by atoms with Crippen LogP contribution in [0.3, 0.4) is 0 Å². The molecule has 0 radical (unpaired) electrons. The van der Waals surface area contributed by atoms with Gasteiger partial charge in [-0.3, -0.25) is 0 Å². The van der Waals surface area contributed by atoms with E-state index >= 15 is 0 Å². The van der Waals surface area contributed by atoms with E-state index in [1.54, 1.807) is 0 Å². The van der Waals surface area contributed by atoms with E-state index < -0.39 is 0 Å². The summed E-state index contributed by atoms with van der Waals surface area (Å²) in [6.07, 6.45) is 3.79. The van der Waals surface area contributed by atoms with Crippen molar-refractivity contribution >= 4 is 11.8 Å². The molecule has 2 heteroatoms. The van der Waals surface area contributed by atoms with Gasteiger partial charge in [-0.2, -0.15) is 11.8 Å². The van der Waals surface area contributed by atoms with E-state index in [-0.39, 0.29) is 52.8 Å². The van der Waals surface area contributed by atoms with Crippen LogP contribution in [0.25, 0.3) is 0 Å². The molecule has 0 nitrogen and oxygen atoms in total. The van der Waals surface area contributed by atoms with Crippen LogP contribution < -0.4 is 51.4 Å². The Morgan fingerprint density at radius 2 is 1.62 bits per heavy atom. The van der Waals surface area contributed by atoms with Crippen LogP contribution in [-0.4, -0.2) is 11.5 Å². The molecule has 0 aliphatic heterocycles. The smallest absolute Gasteiger partial charge is 1.00 e. The largest absolute Gasteiger partial charge is 1.00 e. The molecule has 0 atom stereocenters. The van der Waals surface area contributed by atoms with Gasteiger partial charge in [0.25, 0.3) is 0 Å². The Balaban J connectivity index is -0.000000180. The quantitative estimate of drug-likeness (QED) is 0.290. The summed E-state index contributed by atoms with van der Waals surface area (Å²) in [5, 5.41) is 0. The molecule has 0 spiro atoms. The first-order valence-electron chi connectivity index (χ1n) is 2.21. The summed E-state index contributed by atoms with van der Waals surface area (Å²) in [5.41, 5.74) is 0. The van der Waals surface area contributed by atoms with E-state index in [0.717, 1.165) is 11.5 Å². The summed E-state index contributed by atoms with van der Waals surface area (Å²) >= 11 is 1.82. The zero-order valence-corrected chi connectivity index (χ0v) is 9.33. The SMILES string of the molecule is C=CCSCC=C.[H-].[K+]. The van der Waals surface area contributed by atoms with Crippen LogP contribution in [0.15, 0.2) is 25.3 Å². The first kappa shape index (κ1) is 12.2. The van der Waals surface area contributed by atoms with E-state index in [2.05, 4.69) is 13.2 Å². The number of hydrogen-bond acceptors (Lipinski definition) is 1. The van der Waals surface area contributed by atoms with Crippen LogP contribution in [0, 0.1) is 0 Å². The molecule has 0 bridgehead atoms. The van der Waals surface area contributed by atoms with Crippen molar-refractivity contribution < 1.29 is 52.8 Å². The number of rotatable bonds is 4. The Bertz CT molecular complexity index is 58.1. The second-order valence-corrected chi connectivity index (χ2v) is 2.19. The first-order chi connectivity index (χ1) is 3.41. The third-order valence-electron chi connectivity index (χ3n) is 0.471. The Labute approximate surface area is 99.7 Å². The summed E-state index contributed by atoms with van der Waals surface area (Å²) in [4.78, 5) is 0. The van der Waals surface area contributed by atoms with Gasteiger partial charge in [-0.15, -0.1) is 13.2 Å². The van der Waals surface area contributed by atoms with Gasteiger partial charge >= 0.3 is 51.4 Å². The molecule has 0 fully saturated rings. The van der Waals surface area contributed by atoms with Gasteiger partial charge in [-0.05, 0) is 0 Å². The Morgan fingerprint density at radius 1 is 1.25 bits per heavy atom. The van der Waals surface area contributed by atoms with Crippen molar-refractivity contribution in [1.29, 1.82) is 0 Å². The molecule has 8 heavy (non-hydrogen) atoms.